The number of rotatable bonds is 5. The number of hydrogen-bond acceptors (Lipinski definition) is 3. The van der Waals surface area contributed by atoms with Crippen LogP contribution in [0.25, 0.3) is 11.1 Å². The van der Waals surface area contributed by atoms with Crippen molar-refractivity contribution in [3.63, 3.8) is 0 Å². The van der Waals surface area contributed by atoms with Crippen LogP contribution in [0.5, 0.6) is 11.5 Å². The number of carbonyl (C=O) groups is 1. The SMILES string of the molecule is COc1ccc(-c2c[nH]cc2C(=O)O)cc1OC(F)F. The molecular formula is C13H11F2NO4. The van der Waals surface area contributed by atoms with Gasteiger partial charge in [-0.3, -0.25) is 0 Å². The summed E-state index contributed by atoms with van der Waals surface area (Å²) in [6.45, 7) is -3.00. The van der Waals surface area contributed by atoms with Crippen LogP contribution in [0, 0.1) is 0 Å². The van der Waals surface area contributed by atoms with E-state index in [9.17, 15) is 13.6 Å². The standard InChI is InChI=1S/C13H11F2NO4/c1-19-10-3-2-7(4-11(10)20-13(14)15)8-5-16-6-9(8)12(17)18/h2-6,13,16H,1H3,(H,17,18). The van der Waals surface area contributed by atoms with E-state index in [-0.39, 0.29) is 17.1 Å². The second-order valence-corrected chi connectivity index (χ2v) is 3.83. The molecule has 1 aromatic heterocycles. The zero-order valence-corrected chi connectivity index (χ0v) is 10.4. The van der Waals surface area contributed by atoms with Gasteiger partial charge in [0.05, 0.1) is 12.7 Å². The molecule has 0 bridgehead atoms. The van der Waals surface area contributed by atoms with Gasteiger partial charge in [-0.25, -0.2) is 4.79 Å². The van der Waals surface area contributed by atoms with Crippen LogP contribution < -0.4 is 9.47 Å². The van der Waals surface area contributed by atoms with Gasteiger partial charge in [0.1, 0.15) is 0 Å². The Morgan fingerprint density at radius 2 is 2.05 bits per heavy atom. The monoisotopic (exact) mass is 283 g/mol. The molecule has 2 N–H and O–H groups in total. The predicted octanol–water partition coefficient (Wildman–Crippen LogP) is 2.99. The molecule has 1 aromatic carbocycles. The highest BCUT2D eigenvalue weighted by Gasteiger charge is 2.16. The lowest BCUT2D eigenvalue weighted by atomic mass is 10.0. The molecule has 0 saturated carbocycles. The van der Waals surface area contributed by atoms with Gasteiger partial charge >= 0.3 is 12.6 Å². The third-order valence-corrected chi connectivity index (χ3v) is 2.67. The summed E-state index contributed by atoms with van der Waals surface area (Å²) in [4.78, 5) is 13.7. The molecule has 0 saturated heterocycles. The van der Waals surface area contributed by atoms with E-state index in [1.165, 1.54) is 31.6 Å². The highest BCUT2D eigenvalue weighted by molar-refractivity contribution is 5.96. The molecule has 0 fully saturated rings. The fourth-order valence-corrected chi connectivity index (χ4v) is 1.81. The fraction of sp³-hybridized carbons (Fsp3) is 0.154. The van der Waals surface area contributed by atoms with Crippen molar-refractivity contribution < 1.29 is 28.2 Å². The van der Waals surface area contributed by atoms with Crippen molar-refractivity contribution in [2.24, 2.45) is 0 Å². The van der Waals surface area contributed by atoms with Crippen LogP contribution in [-0.4, -0.2) is 29.8 Å². The van der Waals surface area contributed by atoms with E-state index >= 15 is 0 Å². The minimum absolute atomic E-state index is 0.0400. The molecule has 106 valence electrons. The number of aromatic amines is 1. The molecule has 2 rings (SSSR count). The summed E-state index contributed by atoms with van der Waals surface area (Å²) in [6, 6.07) is 4.30. The lowest BCUT2D eigenvalue weighted by molar-refractivity contribution is -0.0511. The lowest BCUT2D eigenvalue weighted by Gasteiger charge is -2.11. The van der Waals surface area contributed by atoms with E-state index in [1.807, 2.05) is 0 Å². The number of ether oxygens (including phenoxy) is 2. The summed E-state index contributed by atoms with van der Waals surface area (Å²) in [5.74, 6) is -1.13. The maximum atomic E-state index is 12.3. The van der Waals surface area contributed by atoms with Gasteiger partial charge in [0.15, 0.2) is 11.5 Å². The number of benzene rings is 1. The predicted molar refractivity (Wildman–Crippen MR) is 66.4 cm³/mol. The molecule has 5 nitrogen and oxygen atoms in total. The van der Waals surface area contributed by atoms with Gasteiger partial charge < -0.3 is 19.6 Å². The summed E-state index contributed by atoms with van der Waals surface area (Å²) in [5.41, 5.74) is 0.845. The minimum Gasteiger partial charge on any atom is -0.493 e. The number of H-pyrrole nitrogens is 1. The molecule has 1 heterocycles. The number of aromatic carboxylic acids is 1. The zero-order valence-electron chi connectivity index (χ0n) is 10.4. The van der Waals surface area contributed by atoms with Crippen LogP contribution in [0.1, 0.15) is 10.4 Å². The number of hydrogen-bond donors (Lipinski definition) is 2. The Balaban J connectivity index is 2.47. The molecule has 0 spiro atoms. The summed E-state index contributed by atoms with van der Waals surface area (Å²) < 4.78 is 34.0. The molecule has 0 radical (unpaired) electrons. The largest absolute Gasteiger partial charge is 0.493 e. The van der Waals surface area contributed by atoms with Gasteiger partial charge in [-0.1, -0.05) is 6.07 Å². The van der Waals surface area contributed by atoms with Gasteiger partial charge in [-0.2, -0.15) is 8.78 Å². The topological polar surface area (TPSA) is 71.6 Å². The number of nitrogens with one attached hydrogen (secondary N) is 1. The van der Waals surface area contributed by atoms with Gasteiger partial charge in [-0.15, -0.1) is 0 Å². The van der Waals surface area contributed by atoms with Crippen LogP contribution in [-0.2, 0) is 0 Å². The molecule has 0 aliphatic carbocycles. The highest BCUT2D eigenvalue weighted by atomic mass is 19.3. The van der Waals surface area contributed by atoms with Crippen molar-refractivity contribution in [3.8, 4) is 22.6 Å². The van der Waals surface area contributed by atoms with Crippen molar-refractivity contribution in [2.75, 3.05) is 7.11 Å². The summed E-state index contributed by atoms with van der Waals surface area (Å²) >= 11 is 0. The second kappa shape index (κ2) is 5.60. The van der Waals surface area contributed by atoms with Crippen molar-refractivity contribution in [1.29, 1.82) is 0 Å². The first-order chi connectivity index (χ1) is 9.52. The lowest BCUT2D eigenvalue weighted by Crippen LogP contribution is -2.04. The number of halogens is 2. The first-order valence-corrected chi connectivity index (χ1v) is 5.56. The fourth-order valence-electron chi connectivity index (χ4n) is 1.81. The third-order valence-electron chi connectivity index (χ3n) is 2.67. The van der Waals surface area contributed by atoms with E-state index < -0.39 is 12.6 Å². The van der Waals surface area contributed by atoms with Crippen LogP contribution in [0.3, 0.4) is 0 Å². The molecule has 20 heavy (non-hydrogen) atoms. The molecule has 2 aromatic rings. The van der Waals surface area contributed by atoms with Crippen molar-refractivity contribution in [2.45, 2.75) is 6.61 Å². The number of carboxylic acids is 1. The normalized spacial score (nSPS) is 10.6. The van der Waals surface area contributed by atoms with Crippen LogP contribution in [0.4, 0.5) is 8.78 Å². The van der Waals surface area contributed by atoms with Gasteiger partial charge in [0.25, 0.3) is 0 Å². The average molecular weight is 283 g/mol. The van der Waals surface area contributed by atoms with Crippen LogP contribution in [0.2, 0.25) is 0 Å². The van der Waals surface area contributed by atoms with E-state index in [4.69, 9.17) is 9.84 Å². The van der Waals surface area contributed by atoms with E-state index in [1.54, 1.807) is 6.07 Å². The molecule has 0 aliphatic rings. The Kier molecular flexibility index (Phi) is 3.88. The van der Waals surface area contributed by atoms with E-state index in [2.05, 4.69) is 9.72 Å². The Hall–Kier alpha value is -2.57. The van der Waals surface area contributed by atoms with Gasteiger partial charge in [-0.05, 0) is 17.7 Å². The third kappa shape index (κ3) is 2.71. The maximum Gasteiger partial charge on any atom is 0.387 e. The van der Waals surface area contributed by atoms with E-state index in [0.29, 0.717) is 11.1 Å². The average Bonchev–Trinajstić information content (AvgIpc) is 2.87. The molecule has 0 unspecified atom stereocenters. The smallest absolute Gasteiger partial charge is 0.387 e. The van der Waals surface area contributed by atoms with Gasteiger partial charge in [0.2, 0.25) is 0 Å². The first-order valence-electron chi connectivity index (χ1n) is 5.56. The first kappa shape index (κ1) is 13.9. The van der Waals surface area contributed by atoms with Gasteiger partial charge in [0, 0.05) is 18.0 Å². The maximum absolute atomic E-state index is 12.3. The Morgan fingerprint density at radius 1 is 1.30 bits per heavy atom. The minimum atomic E-state index is -3.00. The quantitative estimate of drug-likeness (QED) is 0.884. The van der Waals surface area contributed by atoms with Crippen molar-refractivity contribution in [1.82, 2.24) is 4.98 Å². The number of aromatic nitrogens is 1. The van der Waals surface area contributed by atoms with E-state index in [0.717, 1.165) is 0 Å². The second-order valence-electron chi connectivity index (χ2n) is 3.83. The molecule has 0 amide bonds. The Morgan fingerprint density at radius 3 is 2.65 bits per heavy atom. The molecular weight excluding hydrogens is 272 g/mol. The zero-order chi connectivity index (χ0) is 14.7. The Bertz CT molecular complexity index is 625. The van der Waals surface area contributed by atoms with Crippen molar-refractivity contribution >= 4 is 5.97 Å². The highest BCUT2D eigenvalue weighted by Crippen LogP contribution is 2.34. The van der Waals surface area contributed by atoms with Crippen molar-refractivity contribution in [3.05, 3.63) is 36.2 Å². The molecule has 0 atom stereocenters. The molecule has 0 aliphatic heterocycles. The molecule has 7 heteroatoms. The Labute approximate surface area is 112 Å². The summed E-state index contributed by atoms with van der Waals surface area (Å²) in [5, 5.41) is 9.04. The number of methoxy groups -OCH3 is 1. The number of alkyl halides is 2. The van der Waals surface area contributed by atoms with Crippen LogP contribution >= 0.6 is 0 Å². The summed E-state index contributed by atoms with van der Waals surface area (Å²) in [7, 11) is 1.33. The summed E-state index contributed by atoms with van der Waals surface area (Å²) in [6.07, 6.45) is 2.78. The number of carboxylic acid groups (broad SMARTS) is 1. The van der Waals surface area contributed by atoms with Crippen LogP contribution in [0.15, 0.2) is 30.6 Å².